The van der Waals surface area contributed by atoms with Gasteiger partial charge in [-0.25, -0.2) is 4.98 Å². The fourth-order valence-corrected chi connectivity index (χ4v) is 3.88. The van der Waals surface area contributed by atoms with E-state index in [0.717, 1.165) is 25.9 Å². The van der Waals surface area contributed by atoms with Crippen molar-refractivity contribution < 1.29 is 9.21 Å². The first kappa shape index (κ1) is 17.4. The first-order valence-corrected chi connectivity index (χ1v) is 9.26. The van der Waals surface area contributed by atoms with Crippen LogP contribution in [-0.4, -0.2) is 66.0 Å². The normalized spacial score (nSPS) is 24.2. The topological polar surface area (TPSA) is 61.6 Å². The van der Waals surface area contributed by atoms with Crippen LogP contribution in [0.4, 0.5) is 0 Å². The predicted octanol–water partition coefficient (Wildman–Crippen LogP) is 1.83. The number of rotatable bonds is 4. The number of nitrogens with zero attached hydrogens (tertiary/aromatic N) is 3. The zero-order valence-electron chi connectivity index (χ0n) is 15.2. The molecule has 3 rings (SSSR count). The summed E-state index contributed by atoms with van der Waals surface area (Å²) in [5.41, 5.74) is 0.687. The van der Waals surface area contributed by atoms with Crippen molar-refractivity contribution in [1.29, 1.82) is 0 Å². The highest BCUT2D eigenvalue weighted by Crippen LogP contribution is 2.21. The van der Waals surface area contributed by atoms with Crippen LogP contribution >= 0.6 is 0 Å². The number of piperidine rings is 2. The third-order valence-corrected chi connectivity index (χ3v) is 5.34. The maximum Gasteiger partial charge on any atom is 0.289 e. The Morgan fingerprint density at radius 3 is 2.71 bits per heavy atom. The number of aromatic nitrogens is 1. The molecule has 1 unspecified atom stereocenters. The average molecular weight is 334 g/mol. The predicted molar refractivity (Wildman–Crippen MR) is 93.2 cm³/mol. The first-order chi connectivity index (χ1) is 11.6. The Hall–Kier alpha value is -1.40. The molecule has 2 fully saturated rings. The molecular weight excluding hydrogens is 304 g/mol. The van der Waals surface area contributed by atoms with Crippen molar-refractivity contribution in [3.05, 3.63) is 17.3 Å². The summed E-state index contributed by atoms with van der Waals surface area (Å²) in [4.78, 5) is 21.8. The Bertz CT molecular complexity index is 563. The highest BCUT2D eigenvalue weighted by Gasteiger charge is 2.29. The largest absolute Gasteiger partial charge is 0.435 e. The van der Waals surface area contributed by atoms with Gasteiger partial charge < -0.3 is 14.6 Å². The molecule has 1 N–H and O–H groups in total. The zero-order chi connectivity index (χ0) is 17.1. The lowest BCUT2D eigenvalue weighted by molar-refractivity contribution is 0.0748. The molecule has 0 spiro atoms. The molecule has 1 amide bonds. The minimum absolute atomic E-state index is 0.116. The fraction of sp³-hybridized carbons (Fsp3) is 0.778. The van der Waals surface area contributed by atoms with Crippen LogP contribution in [0.3, 0.4) is 0 Å². The Morgan fingerprint density at radius 2 is 2.04 bits per heavy atom. The molecule has 0 bridgehead atoms. The van der Waals surface area contributed by atoms with E-state index in [-0.39, 0.29) is 11.9 Å². The smallest absolute Gasteiger partial charge is 0.289 e. The van der Waals surface area contributed by atoms with Gasteiger partial charge in [-0.3, -0.25) is 9.69 Å². The molecule has 6 nitrogen and oxygen atoms in total. The van der Waals surface area contributed by atoms with Gasteiger partial charge in [-0.2, -0.15) is 0 Å². The number of hydrogen-bond donors (Lipinski definition) is 1. The minimum atomic E-state index is -0.116. The summed E-state index contributed by atoms with van der Waals surface area (Å²) in [6.07, 6.45) is 5.37. The van der Waals surface area contributed by atoms with Crippen LogP contribution in [-0.2, 0) is 6.42 Å². The van der Waals surface area contributed by atoms with Gasteiger partial charge >= 0.3 is 0 Å². The van der Waals surface area contributed by atoms with Gasteiger partial charge in [0.2, 0.25) is 5.76 Å². The third-order valence-electron chi connectivity index (χ3n) is 5.34. The molecule has 1 aromatic rings. The number of oxazole rings is 1. The lowest BCUT2D eigenvalue weighted by atomic mass is 9.98. The standard InChI is InChI=1S/C18H30N4O2/c1-4-16-19-13(2)17(24-16)18(23)20-14-6-5-9-22(12-14)15-7-10-21(3)11-8-15/h14-15H,4-12H2,1-3H3,(H,20,23). The molecule has 24 heavy (non-hydrogen) atoms. The van der Waals surface area contributed by atoms with Crippen LogP contribution in [0.5, 0.6) is 0 Å². The van der Waals surface area contributed by atoms with Gasteiger partial charge in [0.15, 0.2) is 5.89 Å². The van der Waals surface area contributed by atoms with Crippen molar-refractivity contribution in [3.8, 4) is 0 Å². The molecule has 6 heteroatoms. The molecule has 2 saturated heterocycles. The van der Waals surface area contributed by atoms with E-state index in [1.165, 1.54) is 25.9 Å². The Morgan fingerprint density at radius 1 is 1.29 bits per heavy atom. The van der Waals surface area contributed by atoms with Crippen LogP contribution in [0.1, 0.15) is 54.7 Å². The van der Waals surface area contributed by atoms with Crippen molar-refractivity contribution >= 4 is 5.91 Å². The van der Waals surface area contributed by atoms with Gasteiger partial charge in [0.1, 0.15) is 0 Å². The molecule has 0 radical (unpaired) electrons. The number of likely N-dealkylation sites (tertiary alicyclic amines) is 2. The third kappa shape index (κ3) is 3.98. The van der Waals surface area contributed by atoms with E-state index in [1.807, 2.05) is 13.8 Å². The van der Waals surface area contributed by atoms with Crippen LogP contribution in [0.15, 0.2) is 4.42 Å². The summed E-state index contributed by atoms with van der Waals surface area (Å²) in [6.45, 7) is 8.28. The summed E-state index contributed by atoms with van der Waals surface area (Å²) >= 11 is 0. The summed E-state index contributed by atoms with van der Waals surface area (Å²) in [6, 6.07) is 0.875. The Balaban J connectivity index is 1.56. The van der Waals surface area contributed by atoms with Crippen molar-refractivity contribution in [2.45, 2.75) is 58.0 Å². The van der Waals surface area contributed by atoms with E-state index in [0.29, 0.717) is 29.8 Å². The number of carbonyl (C=O) groups excluding carboxylic acids is 1. The molecule has 1 atom stereocenters. The summed E-state index contributed by atoms with van der Waals surface area (Å²) in [7, 11) is 2.19. The van der Waals surface area contributed by atoms with Gasteiger partial charge in [0.25, 0.3) is 5.91 Å². The molecule has 0 aliphatic carbocycles. The SMILES string of the molecule is CCc1nc(C)c(C(=O)NC2CCCN(C3CCN(C)CC3)C2)o1. The van der Waals surface area contributed by atoms with Crippen LogP contribution in [0.2, 0.25) is 0 Å². The van der Waals surface area contributed by atoms with Gasteiger partial charge in [-0.05, 0) is 59.3 Å². The molecule has 2 aliphatic rings. The molecule has 0 aromatic carbocycles. The number of amides is 1. The van der Waals surface area contributed by atoms with Crippen molar-refractivity contribution in [3.63, 3.8) is 0 Å². The molecule has 1 aromatic heterocycles. The number of aryl methyl sites for hydroxylation is 2. The van der Waals surface area contributed by atoms with E-state index in [4.69, 9.17) is 4.42 Å². The molecule has 3 heterocycles. The van der Waals surface area contributed by atoms with Gasteiger partial charge in [0.05, 0.1) is 5.69 Å². The molecular formula is C18H30N4O2. The van der Waals surface area contributed by atoms with E-state index >= 15 is 0 Å². The quantitative estimate of drug-likeness (QED) is 0.910. The van der Waals surface area contributed by atoms with Crippen LogP contribution in [0, 0.1) is 6.92 Å². The average Bonchev–Trinajstić information content (AvgIpc) is 2.97. The van der Waals surface area contributed by atoms with Gasteiger partial charge in [-0.1, -0.05) is 6.92 Å². The number of carbonyl (C=O) groups is 1. The van der Waals surface area contributed by atoms with Crippen molar-refractivity contribution in [2.24, 2.45) is 0 Å². The lowest BCUT2D eigenvalue weighted by Gasteiger charge is -2.41. The maximum atomic E-state index is 12.5. The minimum Gasteiger partial charge on any atom is -0.435 e. The van der Waals surface area contributed by atoms with Crippen LogP contribution < -0.4 is 5.32 Å². The second-order valence-electron chi connectivity index (χ2n) is 7.22. The highest BCUT2D eigenvalue weighted by atomic mass is 16.4. The number of hydrogen-bond acceptors (Lipinski definition) is 5. The monoisotopic (exact) mass is 334 g/mol. The van der Waals surface area contributed by atoms with E-state index in [1.54, 1.807) is 0 Å². The molecule has 0 saturated carbocycles. The number of nitrogens with one attached hydrogen (secondary N) is 1. The van der Waals surface area contributed by atoms with Crippen molar-refractivity contribution in [1.82, 2.24) is 20.1 Å². The second kappa shape index (κ2) is 7.66. The van der Waals surface area contributed by atoms with E-state index in [9.17, 15) is 4.79 Å². The Labute approximate surface area is 144 Å². The Kier molecular flexibility index (Phi) is 5.56. The second-order valence-corrected chi connectivity index (χ2v) is 7.22. The highest BCUT2D eigenvalue weighted by molar-refractivity contribution is 5.92. The first-order valence-electron chi connectivity index (χ1n) is 9.26. The van der Waals surface area contributed by atoms with E-state index < -0.39 is 0 Å². The fourth-order valence-electron chi connectivity index (χ4n) is 3.88. The summed E-state index contributed by atoms with van der Waals surface area (Å²) in [5.74, 6) is 0.896. The summed E-state index contributed by atoms with van der Waals surface area (Å²) in [5, 5.41) is 3.17. The lowest BCUT2D eigenvalue weighted by Crippen LogP contribution is -2.53. The zero-order valence-corrected chi connectivity index (χ0v) is 15.2. The van der Waals surface area contributed by atoms with Gasteiger partial charge in [-0.15, -0.1) is 0 Å². The molecule has 134 valence electrons. The maximum absolute atomic E-state index is 12.5. The molecule has 2 aliphatic heterocycles. The van der Waals surface area contributed by atoms with Crippen molar-refractivity contribution in [2.75, 3.05) is 33.2 Å². The van der Waals surface area contributed by atoms with Gasteiger partial charge in [0, 0.05) is 25.0 Å². The van der Waals surface area contributed by atoms with E-state index in [2.05, 4.69) is 27.1 Å². The van der Waals surface area contributed by atoms with Crippen LogP contribution in [0.25, 0.3) is 0 Å². The summed E-state index contributed by atoms with van der Waals surface area (Å²) < 4.78 is 5.58.